The second-order valence-corrected chi connectivity index (χ2v) is 7.64. The van der Waals surface area contributed by atoms with E-state index in [1.807, 2.05) is 30.3 Å². The van der Waals surface area contributed by atoms with Crippen molar-refractivity contribution >= 4 is 39.7 Å². The number of nitro benzene ring substituents is 1. The predicted molar refractivity (Wildman–Crippen MR) is 103 cm³/mol. The van der Waals surface area contributed by atoms with Crippen LogP contribution < -0.4 is 5.73 Å². The fourth-order valence-electron chi connectivity index (χ4n) is 2.38. The second kappa shape index (κ2) is 9.84. The van der Waals surface area contributed by atoms with E-state index in [9.17, 15) is 18.5 Å². The lowest BCUT2D eigenvalue weighted by molar-refractivity contribution is -0.387. The normalized spacial score (nSPS) is 11.2. The lowest BCUT2D eigenvalue weighted by atomic mass is 10.1. The quantitative estimate of drug-likeness (QED) is 0.522. The third-order valence-electron chi connectivity index (χ3n) is 3.61. The molecule has 0 saturated carbocycles. The number of hydrogen-bond acceptors (Lipinski definition) is 5. The Morgan fingerprint density at radius 3 is 2.35 bits per heavy atom. The molecule has 0 radical (unpaired) electrons. The molecule has 2 aromatic carbocycles. The summed E-state index contributed by atoms with van der Waals surface area (Å²) in [5, 5.41) is 11.3. The summed E-state index contributed by atoms with van der Waals surface area (Å²) in [5.41, 5.74) is 5.99. The van der Waals surface area contributed by atoms with Crippen LogP contribution in [0.3, 0.4) is 0 Å². The first kappa shape index (κ1) is 22.3. The van der Waals surface area contributed by atoms with Crippen LogP contribution in [0.2, 0.25) is 5.02 Å². The average molecular weight is 420 g/mol. The molecular weight excluding hydrogens is 401 g/mol. The summed E-state index contributed by atoms with van der Waals surface area (Å²) in [6.07, 6.45) is 0.467. The van der Waals surface area contributed by atoms with Crippen molar-refractivity contribution in [3.63, 3.8) is 0 Å². The van der Waals surface area contributed by atoms with Gasteiger partial charge in [-0.1, -0.05) is 41.9 Å². The summed E-state index contributed by atoms with van der Waals surface area (Å²) in [7, 11) is -4.10. The highest BCUT2D eigenvalue weighted by Crippen LogP contribution is 2.29. The molecule has 0 fully saturated rings. The molecule has 0 amide bonds. The van der Waals surface area contributed by atoms with E-state index in [4.69, 9.17) is 17.3 Å². The Kier molecular flexibility index (Phi) is 8.45. The summed E-state index contributed by atoms with van der Waals surface area (Å²) < 4.78 is 27.0. The number of nitro groups is 1. The molecule has 0 aliphatic heterocycles. The summed E-state index contributed by atoms with van der Waals surface area (Å²) in [6.45, 7) is 0.314. The highest BCUT2D eigenvalue weighted by atomic mass is 35.5. The van der Waals surface area contributed by atoms with E-state index in [2.05, 4.69) is 0 Å². The Bertz CT molecular complexity index is 848. The molecule has 0 aromatic heterocycles. The van der Waals surface area contributed by atoms with E-state index in [1.165, 1.54) is 6.07 Å². The second-order valence-electron chi connectivity index (χ2n) is 5.30. The van der Waals surface area contributed by atoms with Crippen molar-refractivity contribution in [2.45, 2.75) is 11.3 Å². The minimum atomic E-state index is -4.10. The molecule has 10 heteroatoms. The van der Waals surface area contributed by atoms with Crippen LogP contribution >= 0.6 is 24.0 Å². The summed E-state index contributed by atoms with van der Waals surface area (Å²) in [5.74, 6) is 0. The summed E-state index contributed by atoms with van der Waals surface area (Å²) >= 11 is 5.85. The first-order chi connectivity index (χ1) is 11.9. The Morgan fingerprint density at radius 2 is 1.77 bits per heavy atom. The fraction of sp³-hybridized carbons (Fsp3) is 0.250. The van der Waals surface area contributed by atoms with Crippen molar-refractivity contribution in [1.82, 2.24) is 4.31 Å². The van der Waals surface area contributed by atoms with Crippen LogP contribution in [0.1, 0.15) is 5.56 Å². The number of sulfonamides is 1. The molecule has 0 atom stereocenters. The molecule has 0 unspecified atom stereocenters. The molecule has 2 rings (SSSR count). The van der Waals surface area contributed by atoms with Gasteiger partial charge in [0.15, 0.2) is 4.90 Å². The molecule has 142 valence electrons. The molecule has 7 nitrogen and oxygen atoms in total. The van der Waals surface area contributed by atoms with Gasteiger partial charge in [-0.05, 0) is 24.1 Å². The van der Waals surface area contributed by atoms with Crippen molar-refractivity contribution in [1.29, 1.82) is 0 Å². The molecule has 26 heavy (non-hydrogen) atoms. The van der Waals surface area contributed by atoms with E-state index in [1.54, 1.807) is 0 Å². The van der Waals surface area contributed by atoms with E-state index in [0.717, 1.165) is 22.0 Å². The molecule has 0 aliphatic rings. The largest absolute Gasteiger partial charge is 0.329 e. The van der Waals surface area contributed by atoms with Gasteiger partial charge in [-0.15, -0.1) is 12.4 Å². The van der Waals surface area contributed by atoms with Crippen molar-refractivity contribution in [2.24, 2.45) is 5.73 Å². The Morgan fingerprint density at radius 1 is 1.12 bits per heavy atom. The van der Waals surface area contributed by atoms with Crippen LogP contribution in [-0.2, 0) is 16.4 Å². The molecule has 0 heterocycles. The van der Waals surface area contributed by atoms with Gasteiger partial charge in [-0.3, -0.25) is 10.1 Å². The zero-order valence-electron chi connectivity index (χ0n) is 13.7. The maximum atomic E-state index is 12.9. The minimum absolute atomic E-state index is 0. The number of benzene rings is 2. The standard InChI is InChI=1S/C16H18ClN3O4S.ClH/c17-14-6-7-15(20(21)22)16(12-14)25(23,24)19(11-9-18)10-8-13-4-2-1-3-5-13;/h1-7,12H,8-11,18H2;1H. The van der Waals surface area contributed by atoms with E-state index in [0.29, 0.717) is 6.42 Å². The van der Waals surface area contributed by atoms with E-state index >= 15 is 0 Å². The number of nitrogens with two attached hydrogens (primary N) is 1. The van der Waals surface area contributed by atoms with Gasteiger partial charge in [0.05, 0.1) is 4.92 Å². The van der Waals surface area contributed by atoms with Crippen LogP contribution in [0.15, 0.2) is 53.4 Å². The fourth-order valence-corrected chi connectivity index (χ4v) is 4.25. The number of nitrogens with zero attached hydrogens (tertiary/aromatic N) is 2. The first-order valence-electron chi connectivity index (χ1n) is 7.54. The summed E-state index contributed by atoms with van der Waals surface area (Å²) in [4.78, 5) is 10.0. The van der Waals surface area contributed by atoms with Crippen LogP contribution in [0.4, 0.5) is 5.69 Å². The van der Waals surface area contributed by atoms with Crippen LogP contribution in [0, 0.1) is 10.1 Å². The molecule has 0 bridgehead atoms. The molecule has 0 saturated heterocycles. The molecule has 2 N–H and O–H groups in total. The molecule has 0 aliphatic carbocycles. The van der Waals surface area contributed by atoms with Crippen molar-refractivity contribution in [3.05, 3.63) is 69.2 Å². The van der Waals surface area contributed by atoms with Gasteiger partial charge in [0.1, 0.15) is 0 Å². The average Bonchev–Trinajstić information content (AvgIpc) is 2.59. The molecule has 2 aromatic rings. The monoisotopic (exact) mass is 419 g/mol. The van der Waals surface area contributed by atoms with Gasteiger partial charge < -0.3 is 5.73 Å². The van der Waals surface area contributed by atoms with Crippen LogP contribution in [-0.4, -0.2) is 37.3 Å². The van der Waals surface area contributed by atoms with Crippen LogP contribution in [0.25, 0.3) is 0 Å². The number of rotatable bonds is 8. The zero-order chi connectivity index (χ0) is 18.4. The maximum absolute atomic E-state index is 12.9. The van der Waals surface area contributed by atoms with Crippen molar-refractivity contribution in [3.8, 4) is 0 Å². The lowest BCUT2D eigenvalue weighted by Gasteiger charge is -2.21. The first-order valence-corrected chi connectivity index (χ1v) is 9.36. The topological polar surface area (TPSA) is 107 Å². The highest BCUT2D eigenvalue weighted by molar-refractivity contribution is 7.89. The van der Waals surface area contributed by atoms with Crippen LogP contribution in [0.5, 0.6) is 0 Å². The van der Waals surface area contributed by atoms with Gasteiger partial charge in [-0.2, -0.15) is 4.31 Å². The van der Waals surface area contributed by atoms with Crippen molar-refractivity contribution in [2.75, 3.05) is 19.6 Å². The SMILES string of the molecule is Cl.NCCN(CCc1ccccc1)S(=O)(=O)c1cc(Cl)ccc1[N+](=O)[O-]. The smallest absolute Gasteiger partial charge is 0.289 e. The zero-order valence-corrected chi connectivity index (χ0v) is 16.1. The third-order valence-corrected chi connectivity index (χ3v) is 5.77. The Hall–Kier alpha value is -1.71. The minimum Gasteiger partial charge on any atom is -0.329 e. The van der Waals surface area contributed by atoms with Gasteiger partial charge in [-0.25, -0.2) is 8.42 Å². The van der Waals surface area contributed by atoms with Gasteiger partial charge in [0, 0.05) is 30.7 Å². The predicted octanol–water partition coefficient (Wildman–Crippen LogP) is 2.86. The van der Waals surface area contributed by atoms with Gasteiger partial charge in [0.2, 0.25) is 10.0 Å². The maximum Gasteiger partial charge on any atom is 0.289 e. The molecule has 0 spiro atoms. The highest BCUT2D eigenvalue weighted by Gasteiger charge is 2.31. The van der Waals surface area contributed by atoms with Crippen molar-refractivity contribution < 1.29 is 13.3 Å². The summed E-state index contributed by atoms with van der Waals surface area (Å²) in [6, 6.07) is 12.8. The Labute approximate surface area is 163 Å². The number of hydrogen-bond donors (Lipinski definition) is 1. The number of halogens is 2. The van der Waals surface area contributed by atoms with Gasteiger partial charge >= 0.3 is 0 Å². The van der Waals surface area contributed by atoms with Gasteiger partial charge in [0.25, 0.3) is 5.69 Å². The third kappa shape index (κ3) is 5.39. The van der Waals surface area contributed by atoms with E-state index in [-0.39, 0.29) is 37.1 Å². The van der Waals surface area contributed by atoms with E-state index < -0.39 is 25.5 Å². The Balaban J connectivity index is 0.00000338. The lowest BCUT2D eigenvalue weighted by Crippen LogP contribution is -2.37. The molecular formula is C16H19Cl2N3O4S.